The maximum Gasteiger partial charge on any atom is 0.229 e. The lowest BCUT2D eigenvalue weighted by Crippen LogP contribution is -2.53. The van der Waals surface area contributed by atoms with Crippen LogP contribution in [0.3, 0.4) is 0 Å². The lowest BCUT2D eigenvalue weighted by atomic mass is 9.77. The van der Waals surface area contributed by atoms with Crippen LogP contribution in [0.2, 0.25) is 0 Å². The Morgan fingerprint density at radius 2 is 2.00 bits per heavy atom. The third-order valence-corrected chi connectivity index (χ3v) is 5.13. The number of carbonyl (C=O) groups is 1. The van der Waals surface area contributed by atoms with Crippen LogP contribution in [0.15, 0.2) is 0 Å². The second-order valence-corrected chi connectivity index (χ2v) is 7.18. The highest BCUT2D eigenvalue weighted by atomic mass is 16.2. The molecule has 1 saturated carbocycles. The molecule has 0 bridgehead atoms. The second-order valence-electron chi connectivity index (χ2n) is 7.18. The van der Waals surface area contributed by atoms with Gasteiger partial charge in [0, 0.05) is 24.5 Å². The van der Waals surface area contributed by atoms with Crippen LogP contribution >= 0.6 is 0 Å². The zero-order chi connectivity index (χ0) is 14.6. The largest absolute Gasteiger partial charge is 0.338 e. The zero-order valence-corrected chi connectivity index (χ0v) is 13.6. The fourth-order valence-electron chi connectivity index (χ4n) is 4.31. The summed E-state index contributed by atoms with van der Waals surface area (Å²) in [4.78, 5) is 15.4. The predicted molar refractivity (Wildman–Crippen MR) is 83.6 cm³/mol. The van der Waals surface area contributed by atoms with Crippen molar-refractivity contribution in [1.82, 2.24) is 10.2 Å². The van der Waals surface area contributed by atoms with Crippen LogP contribution in [0.1, 0.15) is 65.7 Å². The van der Waals surface area contributed by atoms with Gasteiger partial charge in [0.25, 0.3) is 0 Å². The van der Waals surface area contributed by atoms with E-state index in [-0.39, 0.29) is 5.41 Å². The zero-order valence-electron chi connectivity index (χ0n) is 13.6. The minimum atomic E-state index is -0.0401. The number of nitrogens with zero attached hydrogens (tertiary/aromatic N) is 1. The highest BCUT2D eigenvalue weighted by molar-refractivity contribution is 5.83. The first-order valence-corrected chi connectivity index (χ1v) is 8.61. The topological polar surface area (TPSA) is 32.3 Å². The summed E-state index contributed by atoms with van der Waals surface area (Å²) in [5.74, 6) is 1.07. The molecule has 1 N–H and O–H groups in total. The van der Waals surface area contributed by atoms with Gasteiger partial charge in [0.2, 0.25) is 5.91 Å². The number of rotatable bonds is 5. The first-order valence-electron chi connectivity index (χ1n) is 8.61. The average Bonchev–Trinajstić information content (AvgIpc) is 2.89. The Hall–Kier alpha value is -0.570. The van der Waals surface area contributed by atoms with Gasteiger partial charge in [-0.2, -0.15) is 0 Å². The van der Waals surface area contributed by atoms with Gasteiger partial charge >= 0.3 is 0 Å². The van der Waals surface area contributed by atoms with Gasteiger partial charge in [-0.1, -0.05) is 26.7 Å². The molecule has 0 aromatic rings. The first kappa shape index (κ1) is 15.8. The molecule has 0 aromatic carbocycles. The normalized spacial score (nSPS) is 25.9. The summed E-state index contributed by atoms with van der Waals surface area (Å²) < 4.78 is 0. The molecule has 1 atom stereocenters. The van der Waals surface area contributed by atoms with Crippen LogP contribution in [0.4, 0.5) is 0 Å². The number of carbonyl (C=O) groups excluding carboxylic acids is 1. The van der Waals surface area contributed by atoms with Crippen molar-refractivity contribution in [3.05, 3.63) is 0 Å². The molecule has 1 amide bonds. The molecule has 2 aliphatic rings. The van der Waals surface area contributed by atoms with E-state index in [1.54, 1.807) is 0 Å². The molecule has 0 radical (unpaired) electrons. The Kier molecular flexibility index (Phi) is 5.48. The quantitative estimate of drug-likeness (QED) is 0.839. The first-order chi connectivity index (χ1) is 9.59. The fraction of sp³-hybridized carbons (Fsp3) is 0.941. The van der Waals surface area contributed by atoms with E-state index in [2.05, 4.69) is 31.0 Å². The Labute approximate surface area is 124 Å². The summed E-state index contributed by atoms with van der Waals surface area (Å²) in [5.41, 5.74) is -0.0401. The van der Waals surface area contributed by atoms with Crippen LogP contribution in [-0.2, 0) is 4.79 Å². The molecular formula is C17H32N2O. The molecule has 1 saturated heterocycles. The van der Waals surface area contributed by atoms with Gasteiger partial charge in [-0.25, -0.2) is 0 Å². The third-order valence-electron chi connectivity index (χ3n) is 5.13. The second kappa shape index (κ2) is 6.93. The minimum Gasteiger partial charge on any atom is -0.338 e. The lowest BCUT2D eigenvalue weighted by Gasteiger charge is -2.40. The van der Waals surface area contributed by atoms with Gasteiger partial charge < -0.3 is 10.2 Å². The van der Waals surface area contributed by atoms with E-state index >= 15 is 0 Å². The number of hydrogen-bond donors (Lipinski definition) is 1. The number of likely N-dealkylation sites (N-methyl/N-ethyl adjacent to an activating group) is 1. The van der Waals surface area contributed by atoms with E-state index in [0.717, 1.165) is 38.9 Å². The maximum absolute atomic E-state index is 13.2. The van der Waals surface area contributed by atoms with Crippen molar-refractivity contribution in [3.8, 4) is 0 Å². The van der Waals surface area contributed by atoms with E-state index in [1.807, 2.05) is 0 Å². The number of amides is 1. The van der Waals surface area contributed by atoms with Crippen molar-refractivity contribution < 1.29 is 4.79 Å². The maximum atomic E-state index is 13.2. The van der Waals surface area contributed by atoms with Gasteiger partial charge in [-0.3, -0.25) is 4.79 Å². The SMILES string of the molecule is CCN(C(=O)C1(CC(C)C)CCCC1)C1CCCNC1. The van der Waals surface area contributed by atoms with E-state index < -0.39 is 0 Å². The standard InChI is InChI=1S/C17H32N2O/c1-4-19(15-8-7-11-18-13-15)16(20)17(12-14(2)3)9-5-6-10-17/h14-15,18H,4-13H2,1-3H3. The van der Waals surface area contributed by atoms with Gasteiger partial charge in [-0.15, -0.1) is 0 Å². The van der Waals surface area contributed by atoms with Gasteiger partial charge in [-0.05, 0) is 51.5 Å². The Bertz CT molecular complexity index is 315. The summed E-state index contributed by atoms with van der Waals surface area (Å²) in [5, 5.41) is 3.45. The van der Waals surface area contributed by atoms with Gasteiger partial charge in [0.1, 0.15) is 0 Å². The van der Waals surface area contributed by atoms with Crippen molar-refractivity contribution in [1.29, 1.82) is 0 Å². The molecule has 20 heavy (non-hydrogen) atoms. The molecule has 1 aliphatic heterocycles. The number of hydrogen-bond acceptors (Lipinski definition) is 2. The summed E-state index contributed by atoms with van der Waals surface area (Å²) >= 11 is 0. The van der Waals surface area contributed by atoms with Crippen LogP contribution in [0.25, 0.3) is 0 Å². The van der Waals surface area contributed by atoms with Crippen LogP contribution in [-0.4, -0.2) is 36.5 Å². The van der Waals surface area contributed by atoms with Crippen molar-refractivity contribution in [2.75, 3.05) is 19.6 Å². The molecule has 0 aromatic heterocycles. The van der Waals surface area contributed by atoms with E-state index in [1.165, 1.54) is 25.7 Å². The molecule has 1 heterocycles. The molecule has 3 nitrogen and oxygen atoms in total. The monoisotopic (exact) mass is 280 g/mol. The van der Waals surface area contributed by atoms with Crippen molar-refractivity contribution in [2.45, 2.75) is 71.8 Å². The summed E-state index contributed by atoms with van der Waals surface area (Å²) in [6.45, 7) is 9.61. The van der Waals surface area contributed by atoms with Crippen LogP contribution in [0, 0.1) is 11.3 Å². The molecule has 2 rings (SSSR count). The summed E-state index contributed by atoms with van der Waals surface area (Å²) in [7, 11) is 0. The molecule has 116 valence electrons. The van der Waals surface area contributed by atoms with E-state index in [0.29, 0.717) is 17.9 Å². The molecule has 1 unspecified atom stereocenters. The summed E-state index contributed by atoms with van der Waals surface area (Å²) in [6.07, 6.45) is 8.14. The average molecular weight is 280 g/mol. The molecule has 0 spiro atoms. The van der Waals surface area contributed by atoms with Gasteiger partial charge in [0.15, 0.2) is 0 Å². The Balaban J connectivity index is 2.11. The van der Waals surface area contributed by atoms with Crippen LogP contribution in [0.5, 0.6) is 0 Å². The van der Waals surface area contributed by atoms with Crippen LogP contribution < -0.4 is 5.32 Å². The molecule has 3 heteroatoms. The molecular weight excluding hydrogens is 248 g/mol. The Morgan fingerprint density at radius 3 is 2.50 bits per heavy atom. The highest BCUT2D eigenvalue weighted by Crippen LogP contribution is 2.45. The highest BCUT2D eigenvalue weighted by Gasteiger charge is 2.44. The van der Waals surface area contributed by atoms with Crippen molar-refractivity contribution >= 4 is 5.91 Å². The fourth-order valence-corrected chi connectivity index (χ4v) is 4.31. The smallest absolute Gasteiger partial charge is 0.229 e. The minimum absolute atomic E-state index is 0.0401. The van der Waals surface area contributed by atoms with Crippen molar-refractivity contribution in [3.63, 3.8) is 0 Å². The van der Waals surface area contributed by atoms with E-state index in [9.17, 15) is 4.79 Å². The predicted octanol–water partition coefficient (Wildman–Crippen LogP) is 3.19. The summed E-state index contributed by atoms with van der Waals surface area (Å²) in [6, 6.07) is 0.422. The third kappa shape index (κ3) is 3.36. The van der Waals surface area contributed by atoms with Crippen molar-refractivity contribution in [2.24, 2.45) is 11.3 Å². The number of piperidine rings is 1. The molecule has 1 aliphatic carbocycles. The van der Waals surface area contributed by atoms with Gasteiger partial charge in [0.05, 0.1) is 0 Å². The Morgan fingerprint density at radius 1 is 1.30 bits per heavy atom. The number of nitrogens with one attached hydrogen (secondary N) is 1. The van der Waals surface area contributed by atoms with E-state index in [4.69, 9.17) is 0 Å². The molecule has 2 fully saturated rings. The lowest BCUT2D eigenvalue weighted by molar-refractivity contribution is -0.145.